The van der Waals surface area contributed by atoms with Crippen molar-refractivity contribution in [1.29, 1.82) is 0 Å². The van der Waals surface area contributed by atoms with Crippen LogP contribution in [0.25, 0.3) is 11.5 Å². The van der Waals surface area contributed by atoms with Gasteiger partial charge in [0.2, 0.25) is 0 Å². The van der Waals surface area contributed by atoms with Crippen LogP contribution in [0.5, 0.6) is 0 Å². The van der Waals surface area contributed by atoms with E-state index in [0.29, 0.717) is 22.6 Å². The molecule has 2 N–H and O–H groups in total. The molecule has 5 rings (SSSR count). The summed E-state index contributed by atoms with van der Waals surface area (Å²) in [5.74, 6) is 0.870. The van der Waals surface area contributed by atoms with E-state index in [2.05, 4.69) is 0 Å². The largest absolute Gasteiger partial charge is 0.464 e. The zero-order valence-electron chi connectivity index (χ0n) is 18.9. The van der Waals surface area contributed by atoms with E-state index in [1.165, 1.54) is 12.4 Å². The maximum atomic E-state index is 8.75. The number of rotatable bonds is 4. The Kier molecular flexibility index (Phi) is 3.24. The first-order chi connectivity index (χ1) is 15.4. The van der Waals surface area contributed by atoms with Crippen molar-refractivity contribution in [1.82, 2.24) is 10.6 Å². The third-order valence-corrected chi connectivity index (χ3v) is 4.51. The number of hydrogen-bond acceptors (Lipinski definition) is 4. The number of nitrogens with one attached hydrogen (secondary N) is 2. The SMILES string of the molecule is [2H]N1C=C(c2ccccc2)OC1([2H])c1ccc(C2([2H])OC(c3ccccc3)=CN2[2H])cc1. The standard InChI is InChI=1S/C24H20N2O2/c1-3-7-17(8-4-1)21-15-25-23(27-21)19-11-13-20(14-12-19)24-26-16-22(28-24)18-9-5-2-6-10-18/h1-16,23-26H/i23D,24D/hD2. The van der Waals surface area contributed by atoms with E-state index in [0.717, 1.165) is 21.7 Å². The lowest BCUT2D eigenvalue weighted by Gasteiger charge is -2.17. The highest BCUT2D eigenvalue weighted by Crippen LogP contribution is 2.32. The van der Waals surface area contributed by atoms with Crippen molar-refractivity contribution in [2.24, 2.45) is 0 Å². The molecule has 0 fully saturated rings. The summed E-state index contributed by atoms with van der Waals surface area (Å²) in [5, 5.41) is 1.91. The molecule has 0 aliphatic carbocycles. The highest BCUT2D eigenvalue weighted by Gasteiger charge is 2.23. The van der Waals surface area contributed by atoms with Gasteiger partial charge >= 0.3 is 0 Å². The maximum absolute atomic E-state index is 8.75. The van der Waals surface area contributed by atoms with Gasteiger partial charge in [-0.3, -0.25) is 0 Å². The van der Waals surface area contributed by atoms with Gasteiger partial charge in [-0.05, 0) is 0 Å². The van der Waals surface area contributed by atoms with Crippen LogP contribution in [0.3, 0.4) is 0 Å². The summed E-state index contributed by atoms with van der Waals surface area (Å²) in [6.07, 6.45) is -0.569. The van der Waals surface area contributed by atoms with Crippen molar-refractivity contribution >= 4 is 11.5 Å². The minimum Gasteiger partial charge on any atom is -0.464 e. The van der Waals surface area contributed by atoms with E-state index in [9.17, 15) is 0 Å². The number of ether oxygens (including phenoxy) is 2. The van der Waals surface area contributed by atoms with Crippen LogP contribution in [0.1, 0.15) is 37.4 Å². The minimum atomic E-state index is -1.76. The van der Waals surface area contributed by atoms with E-state index in [1.807, 2.05) is 60.7 Å². The first-order valence-electron chi connectivity index (χ1n) is 10.9. The molecular formula is C24H20N2O2. The summed E-state index contributed by atoms with van der Waals surface area (Å²) in [5.41, 5.74) is 2.41. The van der Waals surface area contributed by atoms with Crippen LogP contribution < -0.4 is 10.6 Å². The van der Waals surface area contributed by atoms with E-state index in [-0.39, 0.29) is 0 Å². The summed E-state index contributed by atoms with van der Waals surface area (Å²) >= 11 is 0. The van der Waals surface area contributed by atoms with Crippen molar-refractivity contribution in [3.05, 3.63) is 120 Å². The van der Waals surface area contributed by atoms with Gasteiger partial charge in [0, 0.05) is 34.7 Å². The molecule has 28 heavy (non-hydrogen) atoms. The molecule has 2 atom stereocenters. The summed E-state index contributed by atoms with van der Waals surface area (Å²) in [4.78, 5) is 0. The molecule has 3 aromatic carbocycles. The third kappa shape index (κ3) is 3.21. The van der Waals surface area contributed by atoms with Crippen molar-refractivity contribution in [3.63, 3.8) is 0 Å². The Morgan fingerprint density at radius 3 is 1.39 bits per heavy atom. The van der Waals surface area contributed by atoms with Crippen LogP contribution in [0.4, 0.5) is 0 Å². The zero-order valence-corrected chi connectivity index (χ0v) is 14.9. The van der Waals surface area contributed by atoms with Gasteiger partial charge in [0.15, 0.2) is 15.2 Å². The molecule has 0 amide bonds. The number of benzene rings is 3. The Bertz CT molecular complexity index is 1090. The van der Waals surface area contributed by atoms with Crippen LogP contribution >= 0.6 is 0 Å². The zero-order chi connectivity index (χ0) is 22.3. The molecule has 0 aromatic heterocycles. The summed E-state index contributed by atoms with van der Waals surface area (Å²) in [6.45, 7) is 0. The van der Waals surface area contributed by atoms with Gasteiger partial charge in [-0.25, -0.2) is 0 Å². The Labute approximate surface area is 169 Å². The van der Waals surface area contributed by atoms with Gasteiger partial charge in [0.1, 0.15) is 14.3 Å². The first-order valence-corrected chi connectivity index (χ1v) is 9.00. The topological polar surface area (TPSA) is 42.5 Å². The predicted molar refractivity (Wildman–Crippen MR) is 109 cm³/mol. The summed E-state index contributed by atoms with van der Waals surface area (Å²) in [7, 11) is 0. The maximum Gasteiger partial charge on any atom is 0.196 e. The summed E-state index contributed by atoms with van der Waals surface area (Å²) in [6, 6.07) is 25.2. The minimum absolute atomic E-state index is 0.424. The molecule has 2 aliphatic rings. The Morgan fingerprint density at radius 2 is 1.00 bits per heavy atom. The lowest BCUT2D eigenvalue weighted by atomic mass is 10.1. The molecule has 138 valence electrons. The smallest absolute Gasteiger partial charge is 0.196 e. The fraction of sp³-hybridized carbons (Fsp3) is 0.0833. The Hall–Kier alpha value is -3.66. The monoisotopic (exact) mass is 372 g/mol. The molecule has 3 aromatic rings. The van der Waals surface area contributed by atoms with Crippen LogP contribution in [0.2, 0.25) is 2.82 Å². The van der Waals surface area contributed by atoms with Gasteiger partial charge in [0.25, 0.3) is 0 Å². The lowest BCUT2D eigenvalue weighted by molar-refractivity contribution is 0.170. The molecule has 0 saturated heterocycles. The highest BCUT2D eigenvalue weighted by molar-refractivity contribution is 5.62. The van der Waals surface area contributed by atoms with E-state index in [1.54, 1.807) is 24.3 Å². The van der Waals surface area contributed by atoms with Gasteiger partial charge in [-0.1, -0.05) is 84.9 Å². The second-order valence-electron chi connectivity index (χ2n) is 6.37. The Morgan fingerprint density at radius 1 is 0.607 bits per heavy atom. The van der Waals surface area contributed by atoms with Gasteiger partial charge in [0.05, 0.1) is 0 Å². The fourth-order valence-corrected chi connectivity index (χ4v) is 3.04. The molecule has 0 spiro atoms. The van der Waals surface area contributed by atoms with Crippen LogP contribution in [0.15, 0.2) is 97.3 Å². The highest BCUT2D eigenvalue weighted by atomic mass is 16.5. The molecule has 4 heteroatoms. The van der Waals surface area contributed by atoms with Crippen LogP contribution in [-0.4, -0.2) is 0 Å². The molecule has 4 nitrogen and oxygen atoms in total. The average Bonchev–Trinajstić information content (AvgIpc) is 3.32. The van der Waals surface area contributed by atoms with E-state index >= 15 is 0 Å². The van der Waals surface area contributed by atoms with Crippen molar-refractivity contribution in [2.75, 3.05) is 0 Å². The average molecular weight is 372 g/mol. The van der Waals surface area contributed by atoms with Crippen molar-refractivity contribution in [3.8, 4) is 0 Å². The van der Waals surface area contributed by atoms with Crippen LogP contribution in [-0.2, 0) is 9.47 Å². The molecule has 0 radical (unpaired) electrons. The molecule has 2 aliphatic heterocycles. The van der Waals surface area contributed by atoms with Crippen LogP contribution in [0, 0.1) is 0 Å². The molecule has 2 unspecified atom stereocenters. The van der Waals surface area contributed by atoms with E-state index in [4.69, 9.17) is 15.0 Å². The number of hydrogen-bond donors (Lipinski definition) is 2. The lowest BCUT2D eigenvalue weighted by Crippen LogP contribution is -2.13. The molecule has 0 bridgehead atoms. The van der Waals surface area contributed by atoms with Gasteiger partial charge in [-0.2, -0.15) is 0 Å². The first kappa shape index (κ1) is 12.7. The van der Waals surface area contributed by atoms with Crippen molar-refractivity contribution in [2.45, 2.75) is 12.4 Å². The molecular weight excluding hydrogens is 348 g/mol. The van der Waals surface area contributed by atoms with E-state index < -0.39 is 12.4 Å². The quantitative estimate of drug-likeness (QED) is 0.682. The summed E-state index contributed by atoms with van der Waals surface area (Å²) < 4.78 is 45.7. The second-order valence-corrected chi connectivity index (χ2v) is 6.37. The molecule has 2 heterocycles. The Balaban J connectivity index is 1.38. The fourth-order valence-electron chi connectivity index (χ4n) is 3.04. The second kappa shape index (κ2) is 7.16. The predicted octanol–water partition coefficient (Wildman–Crippen LogP) is 4.92. The third-order valence-electron chi connectivity index (χ3n) is 4.51. The van der Waals surface area contributed by atoms with Gasteiger partial charge in [-0.15, -0.1) is 0 Å². The molecule has 0 saturated carbocycles. The van der Waals surface area contributed by atoms with Gasteiger partial charge < -0.3 is 20.1 Å². The van der Waals surface area contributed by atoms with Crippen molar-refractivity contribution < 1.29 is 15.0 Å². The normalized spacial score (nSPS) is 28.3.